The fourth-order valence-electron chi connectivity index (χ4n) is 1.89. The molecule has 1 aliphatic heterocycles. The van der Waals surface area contributed by atoms with Crippen LogP contribution in [0.1, 0.15) is 34.6 Å². The van der Waals surface area contributed by atoms with Gasteiger partial charge < -0.3 is 13.6 Å². The number of rotatable bonds is 5. The van der Waals surface area contributed by atoms with Gasteiger partial charge in [0.2, 0.25) is 0 Å². The highest BCUT2D eigenvalue weighted by Gasteiger charge is 2.35. The van der Waals surface area contributed by atoms with Crippen LogP contribution in [0.5, 0.6) is 0 Å². The van der Waals surface area contributed by atoms with Gasteiger partial charge in [0.1, 0.15) is 0 Å². The topological polar surface area (TPSA) is 61.8 Å². The van der Waals surface area contributed by atoms with Crippen LogP contribution >= 0.6 is 0 Å². The van der Waals surface area contributed by atoms with Crippen LogP contribution in [0.15, 0.2) is 18.2 Å². The average Bonchev–Trinajstić information content (AvgIpc) is 2.65. The Bertz CT molecular complexity index is 479. The molecule has 0 amide bonds. The molecule has 0 saturated heterocycles. The second kappa shape index (κ2) is 5.43. The van der Waals surface area contributed by atoms with E-state index in [1.165, 1.54) is 0 Å². The highest BCUT2D eigenvalue weighted by atomic mass is 28.3. The zero-order valence-electron chi connectivity index (χ0n) is 10.3. The van der Waals surface area contributed by atoms with Crippen molar-refractivity contribution in [2.75, 3.05) is 13.2 Å². The van der Waals surface area contributed by atoms with Crippen LogP contribution in [0.2, 0.25) is 0 Å². The minimum absolute atomic E-state index is 0.300. The normalized spacial score (nSPS) is 13.9. The molecule has 96 valence electrons. The van der Waals surface area contributed by atoms with Gasteiger partial charge in [-0.05, 0) is 19.9 Å². The molecule has 1 aromatic carbocycles. The zero-order chi connectivity index (χ0) is 13.1. The smallest absolute Gasteiger partial charge is 0.356 e. The Morgan fingerprint density at radius 3 is 2.39 bits per heavy atom. The Morgan fingerprint density at radius 2 is 1.78 bits per heavy atom. The summed E-state index contributed by atoms with van der Waals surface area (Å²) in [6, 6.07) is 5.06. The van der Waals surface area contributed by atoms with Gasteiger partial charge in [0.25, 0.3) is 0 Å². The second-order valence-electron chi connectivity index (χ2n) is 3.69. The molecule has 0 fully saturated rings. The molecule has 0 bridgehead atoms. The van der Waals surface area contributed by atoms with E-state index in [1.54, 1.807) is 18.2 Å². The molecule has 0 aromatic heterocycles. The van der Waals surface area contributed by atoms with E-state index in [0.717, 1.165) is 0 Å². The molecule has 0 atom stereocenters. The van der Waals surface area contributed by atoms with E-state index in [2.05, 4.69) is 4.74 Å². The molecule has 18 heavy (non-hydrogen) atoms. The summed E-state index contributed by atoms with van der Waals surface area (Å²) in [5.74, 6) is -1.21. The van der Waals surface area contributed by atoms with Crippen molar-refractivity contribution in [3.05, 3.63) is 29.3 Å². The molecule has 5 nitrogen and oxygen atoms in total. The van der Waals surface area contributed by atoms with Crippen LogP contribution in [-0.2, 0) is 13.6 Å². The van der Waals surface area contributed by atoms with Crippen molar-refractivity contribution in [1.82, 2.24) is 0 Å². The molecule has 1 heterocycles. The average molecular weight is 266 g/mol. The van der Waals surface area contributed by atoms with Gasteiger partial charge in [-0.25, -0.2) is 9.59 Å². The summed E-state index contributed by atoms with van der Waals surface area (Å²) >= 11 is 0. The number of cyclic esters (lactones) is 2. The van der Waals surface area contributed by atoms with Crippen molar-refractivity contribution in [3.63, 3.8) is 0 Å². The maximum atomic E-state index is 11.7. The van der Waals surface area contributed by atoms with Gasteiger partial charge in [0, 0.05) is 18.4 Å². The molecular weight excluding hydrogens is 252 g/mol. The first-order chi connectivity index (χ1) is 8.69. The predicted molar refractivity (Wildman–Crippen MR) is 66.2 cm³/mol. The number of esters is 2. The quantitative estimate of drug-likeness (QED) is 0.441. The molecule has 0 radical (unpaired) electrons. The highest BCUT2D eigenvalue weighted by molar-refractivity contribution is 6.63. The third kappa shape index (κ3) is 2.22. The zero-order valence-corrected chi connectivity index (χ0v) is 11.4. The standard InChI is InChI=1S/C12H14O5Si/c1-3-15-18(16-4-2)9-7-5-6-8-10(9)12(14)17-11(8)13/h5-7,18H,3-4H2,1-2H3. The summed E-state index contributed by atoms with van der Waals surface area (Å²) in [5, 5.41) is 0.673. The van der Waals surface area contributed by atoms with Crippen molar-refractivity contribution in [1.29, 1.82) is 0 Å². The fraction of sp³-hybridized carbons (Fsp3) is 0.333. The van der Waals surface area contributed by atoms with Crippen LogP contribution < -0.4 is 5.19 Å². The summed E-state index contributed by atoms with van der Waals surface area (Å²) < 4.78 is 15.8. The van der Waals surface area contributed by atoms with Gasteiger partial charge >= 0.3 is 21.2 Å². The minimum atomic E-state index is -2.16. The van der Waals surface area contributed by atoms with Crippen LogP contribution in [0.25, 0.3) is 0 Å². The molecule has 6 heteroatoms. The maximum Gasteiger partial charge on any atom is 0.356 e. The van der Waals surface area contributed by atoms with Gasteiger partial charge in [-0.15, -0.1) is 0 Å². The van der Waals surface area contributed by atoms with Gasteiger partial charge in [-0.2, -0.15) is 0 Å². The van der Waals surface area contributed by atoms with Crippen LogP contribution in [0, 0.1) is 0 Å². The van der Waals surface area contributed by atoms with E-state index >= 15 is 0 Å². The Hall–Kier alpha value is -1.50. The van der Waals surface area contributed by atoms with E-state index in [-0.39, 0.29) is 0 Å². The summed E-state index contributed by atoms with van der Waals surface area (Å²) in [6.45, 7) is 4.74. The molecule has 0 spiro atoms. The highest BCUT2D eigenvalue weighted by Crippen LogP contribution is 2.18. The first-order valence-corrected chi connectivity index (χ1v) is 7.33. The lowest BCUT2D eigenvalue weighted by Crippen LogP contribution is -2.40. The van der Waals surface area contributed by atoms with E-state index in [0.29, 0.717) is 29.5 Å². The summed E-state index contributed by atoms with van der Waals surface area (Å²) in [6.07, 6.45) is 0. The SMILES string of the molecule is CCO[SiH](OCC)c1cccc2c1C(=O)OC2=O. The molecular formula is C12H14O5Si. The summed E-state index contributed by atoms with van der Waals surface area (Å²) in [7, 11) is -2.16. The van der Waals surface area contributed by atoms with Gasteiger partial charge in [-0.3, -0.25) is 0 Å². The largest absolute Gasteiger partial charge is 0.394 e. The molecule has 0 unspecified atom stereocenters. The number of carbonyl (C=O) groups excluding carboxylic acids is 2. The monoisotopic (exact) mass is 266 g/mol. The van der Waals surface area contributed by atoms with Crippen LogP contribution in [0.3, 0.4) is 0 Å². The summed E-state index contributed by atoms with van der Waals surface area (Å²) in [5.41, 5.74) is 0.607. The number of hydrogen-bond acceptors (Lipinski definition) is 5. The predicted octanol–water partition coefficient (Wildman–Crippen LogP) is 0.498. The Balaban J connectivity index is 2.45. The van der Waals surface area contributed by atoms with E-state index in [9.17, 15) is 9.59 Å². The first-order valence-electron chi connectivity index (χ1n) is 5.81. The lowest BCUT2D eigenvalue weighted by Gasteiger charge is -2.16. The van der Waals surface area contributed by atoms with Crippen molar-refractivity contribution in [3.8, 4) is 0 Å². The number of fused-ring (bicyclic) bond motifs is 1. The van der Waals surface area contributed by atoms with Gasteiger partial charge in [0.15, 0.2) is 0 Å². The molecule has 0 aliphatic carbocycles. The third-order valence-corrected chi connectivity index (χ3v) is 4.86. The van der Waals surface area contributed by atoms with Gasteiger partial charge in [0.05, 0.1) is 11.1 Å². The number of hydrogen-bond donors (Lipinski definition) is 0. The van der Waals surface area contributed by atoms with E-state index in [4.69, 9.17) is 8.85 Å². The molecule has 1 aromatic rings. The minimum Gasteiger partial charge on any atom is -0.394 e. The lowest BCUT2D eigenvalue weighted by atomic mass is 10.1. The van der Waals surface area contributed by atoms with E-state index < -0.39 is 21.2 Å². The van der Waals surface area contributed by atoms with E-state index in [1.807, 2.05) is 13.8 Å². The Labute approximate surface area is 107 Å². The van der Waals surface area contributed by atoms with Crippen molar-refractivity contribution in [2.24, 2.45) is 0 Å². The Kier molecular flexibility index (Phi) is 3.90. The summed E-state index contributed by atoms with van der Waals surface area (Å²) in [4.78, 5) is 23.1. The van der Waals surface area contributed by atoms with Crippen molar-refractivity contribution >= 4 is 26.4 Å². The number of carbonyl (C=O) groups is 2. The maximum absolute atomic E-state index is 11.7. The number of ether oxygens (including phenoxy) is 1. The third-order valence-electron chi connectivity index (χ3n) is 2.60. The van der Waals surface area contributed by atoms with Crippen molar-refractivity contribution in [2.45, 2.75) is 13.8 Å². The lowest BCUT2D eigenvalue weighted by molar-refractivity contribution is 0.0444. The first kappa shape index (κ1) is 12.9. The second-order valence-corrected chi connectivity index (χ2v) is 5.64. The fourth-order valence-corrected chi connectivity index (χ4v) is 3.72. The van der Waals surface area contributed by atoms with Crippen LogP contribution in [0.4, 0.5) is 0 Å². The van der Waals surface area contributed by atoms with Gasteiger partial charge in [-0.1, -0.05) is 12.1 Å². The Morgan fingerprint density at radius 1 is 1.11 bits per heavy atom. The molecule has 0 saturated carbocycles. The number of benzene rings is 1. The molecule has 2 rings (SSSR count). The van der Waals surface area contributed by atoms with Crippen molar-refractivity contribution < 1.29 is 23.2 Å². The van der Waals surface area contributed by atoms with Crippen LogP contribution in [-0.4, -0.2) is 34.4 Å². The molecule has 0 N–H and O–H groups in total. The molecule has 1 aliphatic rings.